The molecule has 2 amide bonds. The standard InChI is InChI=1S/C21H16N2O2/c24-20-14-15-6-4-5-9-19(15)21(25)23(20)18-12-10-17(11-13-18)22-16-7-2-1-3-8-16/h1-13,22H,14H2. The lowest BCUT2D eigenvalue weighted by atomic mass is 9.98. The smallest absolute Gasteiger partial charge is 0.265 e. The molecule has 0 aliphatic carbocycles. The van der Waals surface area contributed by atoms with Crippen molar-refractivity contribution in [1.29, 1.82) is 0 Å². The van der Waals surface area contributed by atoms with E-state index < -0.39 is 0 Å². The molecule has 0 spiro atoms. The van der Waals surface area contributed by atoms with Crippen molar-refractivity contribution in [3.05, 3.63) is 90.0 Å². The van der Waals surface area contributed by atoms with Crippen LogP contribution in [-0.4, -0.2) is 11.8 Å². The maximum absolute atomic E-state index is 12.7. The number of carbonyl (C=O) groups excluding carboxylic acids is 2. The second-order valence-electron chi connectivity index (χ2n) is 5.91. The van der Waals surface area contributed by atoms with Gasteiger partial charge < -0.3 is 5.32 Å². The van der Waals surface area contributed by atoms with Gasteiger partial charge in [0, 0.05) is 16.9 Å². The predicted molar refractivity (Wildman–Crippen MR) is 98.1 cm³/mol. The summed E-state index contributed by atoms with van der Waals surface area (Å²) in [6, 6.07) is 24.4. The molecular weight excluding hydrogens is 312 g/mol. The van der Waals surface area contributed by atoms with Gasteiger partial charge >= 0.3 is 0 Å². The molecule has 3 aromatic rings. The van der Waals surface area contributed by atoms with Crippen LogP contribution < -0.4 is 10.2 Å². The van der Waals surface area contributed by atoms with E-state index in [1.165, 1.54) is 4.90 Å². The number of fused-ring (bicyclic) bond motifs is 1. The first-order valence-electron chi connectivity index (χ1n) is 8.10. The van der Waals surface area contributed by atoms with E-state index in [9.17, 15) is 9.59 Å². The van der Waals surface area contributed by atoms with Crippen molar-refractivity contribution in [1.82, 2.24) is 0 Å². The van der Waals surface area contributed by atoms with Crippen LogP contribution in [0.1, 0.15) is 15.9 Å². The second kappa shape index (κ2) is 6.24. The lowest BCUT2D eigenvalue weighted by Gasteiger charge is -2.27. The number of carbonyl (C=O) groups is 2. The summed E-state index contributed by atoms with van der Waals surface area (Å²) in [6.45, 7) is 0. The molecule has 1 heterocycles. The molecule has 3 aromatic carbocycles. The number of anilines is 3. The fourth-order valence-electron chi connectivity index (χ4n) is 3.00. The predicted octanol–water partition coefficient (Wildman–Crippen LogP) is 4.16. The highest BCUT2D eigenvalue weighted by Gasteiger charge is 2.31. The molecule has 0 atom stereocenters. The number of amides is 2. The highest BCUT2D eigenvalue weighted by atomic mass is 16.2. The number of rotatable bonds is 3. The molecule has 0 radical (unpaired) electrons. The van der Waals surface area contributed by atoms with Gasteiger partial charge in [0.25, 0.3) is 5.91 Å². The van der Waals surface area contributed by atoms with Crippen LogP contribution in [0.25, 0.3) is 0 Å². The third-order valence-corrected chi connectivity index (χ3v) is 4.23. The molecule has 1 aliphatic heterocycles. The van der Waals surface area contributed by atoms with E-state index in [-0.39, 0.29) is 18.2 Å². The van der Waals surface area contributed by atoms with Gasteiger partial charge in [0.15, 0.2) is 0 Å². The van der Waals surface area contributed by atoms with Gasteiger partial charge in [0.05, 0.1) is 12.1 Å². The Bertz CT molecular complexity index is 934. The third-order valence-electron chi connectivity index (χ3n) is 4.23. The van der Waals surface area contributed by atoms with Crippen molar-refractivity contribution in [2.75, 3.05) is 10.2 Å². The van der Waals surface area contributed by atoms with Gasteiger partial charge in [-0.3, -0.25) is 9.59 Å². The minimum absolute atomic E-state index is 0.201. The molecule has 0 saturated heterocycles. The zero-order valence-corrected chi connectivity index (χ0v) is 13.5. The van der Waals surface area contributed by atoms with Gasteiger partial charge in [0.2, 0.25) is 5.91 Å². The number of nitrogens with one attached hydrogen (secondary N) is 1. The van der Waals surface area contributed by atoms with E-state index in [1.54, 1.807) is 18.2 Å². The molecule has 4 heteroatoms. The molecule has 0 fully saturated rings. The Kier molecular flexibility index (Phi) is 3.78. The summed E-state index contributed by atoms with van der Waals surface area (Å²) < 4.78 is 0. The summed E-state index contributed by atoms with van der Waals surface area (Å²) in [4.78, 5) is 26.4. The highest BCUT2D eigenvalue weighted by Crippen LogP contribution is 2.27. The first-order chi connectivity index (χ1) is 12.2. The van der Waals surface area contributed by atoms with Crippen LogP contribution in [0.2, 0.25) is 0 Å². The molecule has 25 heavy (non-hydrogen) atoms. The molecule has 0 aromatic heterocycles. The van der Waals surface area contributed by atoms with E-state index in [4.69, 9.17) is 0 Å². The van der Waals surface area contributed by atoms with Gasteiger partial charge in [-0.15, -0.1) is 0 Å². The number of hydrogen-bond acceptors (Lipinski definition) is 3. The average Bonchev–Trinajstić information content (AvgIpc) is 2.64. The summed E-state index contributed by atoms with van der Waals surface area (Å²) in [5.74, 6) is -0.469. The molecule has 0 bridgehead atoms. The van der Waals surface area contributed by atoms with Gasteiger partial charge in [-0.25, -0.2) is 4.90 Å². The normalized spacial score (nSPS) is 13.5. The van der Waals surface area contributed by atoms with Crippen LogP contribution in [0.3, 0.4) is 0 Å². The zero-order chi connectivity index (χ0) is 17.2. The Morgan fingerprint density at radius 2 is 1.36 bits per heavy atom. The van der Waals surface area contributed by atoms with Crippen LogP contribution in [0.5, 0.6) is 0 Å². The largest absolute Gasteiger partial charge is 0.356 e. The Hall–Kier alpha value is -3.40. The first-order valence-corrected chi connectivity index (χ1v) is 8.10. The molecule has 4 nitrogen and oxygen atoms in total. The first kappa shape index (κ1) is 15.1. The Morgan fingerprint density at radius 3 is 2.12 bits per heavy atom. The van der Waals surface area contributed by atoms with E-state index in [2.05, 4.69) is 5.32 Å². The van der Waals surface area contributed by atoms with Crippen LogP contribution in [0, 0.1) is 0 Å². The third kappa shape index (κ3) is 2.90. The molecule has 4 rings (SSSR count). The van der Waals surface area contributed by atoms with Crippen LogP contribution in [0.4, 0.5) is 17.1 Å². The number of imide groups is 1. The Morgan fingerprint density at radius 1 is 0.720 bits per heavy atom. The molecule has 0 unspecified atom stereocenters. The van der Waals surface area contributed by atoms with Crippen LogP contribution >= 0.6 is 0 Å². The van der Waals surface area contributed by atoms with Crippen LogP contribution in [-0.2, 0) is 11.2 Å². The number of nitrogens with zero attached hydrogens (tertiary/aromatic N) is 1. The van der Waals surface area contributed by atoms with Gasteiger partial charge in [-0.1, -0.05) is 36.4 Å². The monoisotopic (exact) mass is 328 g/mol. The fourth-order valence-corrected chi connectivity index (χ4v) is 3.00. The quantitative estimate of drug-likeness (QED) is 0.735. The van der Waals surface area contributed by atoms with E-state index in [0.717, 1.165) is 16.9 Å². The minimum Gasteiger partial charge on any atom is -0.356 e. The summed E-state index contributed by atoms with van der Waals surface area (Å²) in [7, 11) is 0. The summed E-state index contributed by atoms with van der Waals surface area (Å²) in [5.41, 5.74) is 3.84. The lowest BCUT2D eigenvalue weighted by Crippen LogP contribution is -2.42. The maximum atomic E-state index is 12.7. The molecule has 1 N–H and O–H groups in total. The number of para-hydroxylation sites is 1. The zero-order valence-electron chi connectivity index (χ0n) is 13.5. The highest BCUT2D eigenvalue weighted by molar-refractivity contribution is 6.24. The van der Waals surface area contributed by atoms with Crippen molar-refractivity contribution in [2.24, 2.45) is 0 Å². The number of hydrogen-bond donors (Lipinski definition) is 1. The van der Waals surface area contributed by atoms with E-state index >= 15 is 0 Å². The number of benzene rings is 3. The SMILES string of the molecule is O=C1Cc2ccccc2C(=O)N1c1ccc(Nc2ccccc2)cc1. The topological polar surface area (TPSA) is 49.4 Å². The van der Waals surface area contributed by atoms with Gasteiger partial charge in [-0.05, 0) is 48.0 Å². The van der Waals surface area contributed by atoms with E-state index in [1.807, 2.05) is 60.7 Å². The van der Waals surface area contributed by atoms with Crippen molar-refractivity contribution in [2.45, 2.75) is 6.42 Å². The molecule has 1 aliphatic rings. The second-order valence-corrected chi connectivity index (χ2v) is 5.91. The van der Waals surface area contributed by atoms with Crippen LogP contribution in [0.15, 0.2) is 78.9 Å². The maximum Gasteiger partial charge on any atom is 0.265 e. The Labute approximate surface area is 145 Å². The molecular formula is C21H16N2O2. The fraction of sp³-hybridized carbons (Fsp3) is 0.0476. The van der Waals surface area contributed by atoms with E-state index in [0.29, 0.717) is 11.3 Å². The average molecular weight is 328 g/mol. The van der Waals surface area contributed by atoms with Crippen molar-refractivity contribution in [3.8, 4) is 0 Å². The minimum atomic E-state index is -0.268. The summed E-state index contributed by atoms with van der Waals surface area (Å²) in [5, 5.41) is 3.28. The Balaban J connectivity index is 1.60. The van der Waals surface area contributed by atoms with Crippen molar-refractivity contribution < 1.29 is 9.59 Å². The van der Waals surface area contributed by atoms with Gasteiger partial charge in [-0.2, -0.15) is 0 Å². The van der Waals surface area contributed by atoms with Gasteiger partial charge in [0.1, 0.15) is 0 Å². The van der Waals surface area contributed by atoms with Crippen molar-refractivity contribution >= 4 is 28.9 Å². The molecule has 122 valence electrons. The molecule has 0 saturated carbocycles. The summed E-state index contributed by atoms with van der Waals surface area (Å²) >= 11 is 0. The van der Waals surface area contributed by atoms with Crippen molar-refractivity contribution in [3.63, 3.8) is 0 Å². The lowest BCUT2D eigenvalue weighted by molar-refractivity contribution is -0.117. The summed E-state index contributed by atoms with van der Waals surface area (Å²) in [6.07, 6.45) is 0.242.